The van der Waals surface area contributed by atoms with Gasteiger partial charge in [-0.05, 0) is 0 Å². The van der Waals surface area contributed by atoms with Crippen LogP contribution >= 0.6 is 0 Å². The van der Waals surface area contributed by atoms with Gasteiger partial charge in [0, 0.05) is 5.56 Å². The number of hydrogen-bond donors (Lipinski definition) is 1. The van der Waals surface area contributed by atoms with Crippen LogP contribution in [0.2, 0.25) is 0 Å². The van der Waals surface area contributed by atoms with Crippen molar-refractivity contribution in [1.82, 2.24) is 0 Å². The van der Waals surface area contributed by atoms with Crippen molar-refractivity contribution in [2.24, 2.45) is 5.34 Å². The topological polar surface area (TPSA) is 49.7 Å². The lowest BCUT2D eigenvalue weighted by atomic mass is 10.2. The van der Waals surface area contributed by atoms with Crippen molar-refractivity contribution in [3.63, 3.8) is 0 Å². The summed E-state index contributed by atoms with van der Waals surface area (Å²) < 4.78 is 35.6. The summed E-state index contributed by atoms with van der Waals surface area (Å²) in [5.41, 5.74) is -0.0903. The van der Waals surface area contributed by atoms with Crippen LogP contribution in [-0.4, -0.2) is 5.21 Å². The smallest absolute Gasteiger partial charge is 0.306 e. The molecule has 0 aromatic heterocycles. The van der Waals surface area contributed by atoms with Gasteiger partial charge in [-0.3, -0.25) is 0 Å². The molecule has 1 aromatic rings. The first kappa shape index (κ1) is 12.2. The highest BCUT2D eigenvalue weighted by molar-refractivity contribution is 5.59. The van der Waals surface area contributed by atoms with Gasteiger partial charge >= 0.3 is 6.08 Å². The highest BCUT2D eigenvalue weighted by atomic mass is 19.3. The lowest BCUT2D eigenvalue weighted by Crippen LogP contribution is -1.76. The standard InChI is InChI=1S/C8H5F3.HNO2/c9-7(8(10)11)6-4-2-1-3-5-6;2-1-3/h1-5H;(H,2,3). The van der Waals surface area contributed by atoms with E-state index < -0.39 is 11.9 Å². The molecule has 0 fully saturated rings. The first-order valence-electron chi connectivity index (χ1n) is 3.36. The number of benzene rings is 1. The van der Waals surface area contributed by atoms with Gasteiger partial charge in [-0.15, -0.1) is 4.91 Å². The van der Waals surface area contributed by atoms with Gasteiger partial charge in [-0.1, -0.05) is 30.3 Å². The van der Waals surface area contributed by atoms with E-state index in [1.807, 2.05) is 0 Å². The molecule has 1 N–H and O–H groups in total. The van der Waals surface area contributed by atoms with E-state index in [4.69, 9.17) is 10.1 Å². The highest BCUT2D eigenvalue weighted by Gasteiger charge is 2.05. The molecule has 3 nitrogen and oxygen atoms in total. The second-order valence-corrected chi connectivity index (χ2v) is 2.02. The molecule has 76 valence electrons. The van der Waals surface area contributed by atoms with E-state index in [1.54, 1.807) is 6.07 Å². The Kier molecular flexibility index (Phi) is 5.77. The summed E-state index contributed by atoms with van der Waals surface area (Å²) >= 11 is 0. The normalized spacial score (nSPS) is 8.21. The molecular weight excluding hydrogens is 199 g/mol. The van der Waals surface area contributed by atoms with Crippen molar-refractivity contribution in [2.75, 3.05) is 0 Å². The van der Waals surface area contributed by atoms with Gasteiger partial charge in [-0.2, -0.15) is 8.78 Å². The number of nitrogens with zero attached hydrogens (tertiary/aromatic N) is 1. The van der Waals surface area contributed by atoms with E-state index in [0.29, 0.717) is 0 Å². The van der Waals surface area contributed by atoms with E-state index in [2.05, 4.69) is 0 Å². The minimum absolute atomic E-state index is 0.0903. The van der Waals surface area contributed by atoms with Crippen LogP contribution in [0.1, 0.15) is 5.56 Å². The monoisotopic (exact) mass is 205 g/mol. The first-order valence-corrected chi connectivity index (χ1v) is 3.36. The third kappa shape index (κ3) is 4.24. The van der Waals surface area contributed by atoms with Gasteiger partial charge in [0.2, 0.25) is 0 Å². The van der Waals surface area contributed by atoms with Crippen molar-refractivity contribution in [3.8, 4) is 0 Å². The third-order valence-corrected chi connectivity index (χ3v) is 1.19. The zero-order valence-corrected chi connectivity index (χ0v) is 6.82. The molecule has 14 heavy (non-hydrogen) atoms. The molecule has 0 unspecified atom stereocenters. The molecule has 6 heteroatoms. The van der Waals surface area contributed by atoms with E-state index in [1.165, 1.54) is 29.6 Å². The Labute approximate surface area is 77.4 Å². The van der Waals surface area contributed by atoms with Gasteiger partial charge in [0.1, 0.15) is 0 Å². The molecule has 1 rings (SSSR count). The van der Waals surface area contributed by atoms with Gasteiger partial charge in [0.15, 0.2) is 11.2 Å². The van der Waals surface area contributed by atoms with Gasteiger partial charge in [0.05, 0.1) is 0 Å². The molecular formula is C8H6F3NO2. The summed E-state index contributed by atoms with van der Waals surface area (Å²) in [6.45, 7) is 0. The molecule has 0 spiro atoms. The fourth-order valence-electron chi connectivity index (χ4n) is 0.694. The van der Waals surface area contributed by atoms with Crippen LogP contribution in [0.25, 0.3) is 5.83 Å². The number of hydrogen-bond acceptors (Lipinski definition) is 2. The van der Waals surface area contributed by atoms with Crippen LogP contribution in [-0.2, 0) is 0 Å². The van der Waals surface area contributed by atoms with Crippen molar-refractivity contribution in [3.05, 3.63) is 46.9 Å². The highest BCUT2D eigenvalue weighted by Crippen LogP contribution is 2.20. The Bertz CT molecular complexity index is 310. The maximum atomic E-state index is 12.4. The molecule has 0 bridgehead atoms. The predicted molar refractivity (Wildman–Crippen MR) is 44.3 cm³/mol. The average molecular weight is 205 g/mol. The summed E-state index contributed by atoms with van der Waals surface area (Å²) in [6, 6.07) is 7.20. The molecule has 0 amide bonds. The zero-order valence-electron chi connectivity index (χ0n) is 6.82. The van der Waals surface area contributed by atoms with Crippen LogP contribution in [0.4, 0.5) is 13.2 Å². The van der Waals surface area contributed by atoms with E-state index in [9.17, 15) is 13.2 Å². The Hall–Kier alpha value is -1.85. The Morgan fingerprint density at radius 3 is 1.93 bits per heavy atom. The lowest BCUT2D eigenvalue weighted by Gasteiger charge is -1.93. The van der Waals surface area contributed by atoms with E-state index >= 15 is 0 Å². The molecule has 0 aliphatic carbocycles. The Balaban J connectivity index is 0.000000500. The summed E-state index contributed by atoms with van der Waals surface area (Å²) in [5.74, 6) is -1.45. The van der Waals surface area contributed by atoms with Crippen LogP contribution in [0, 0.1) is 4.91 Å². The average Bonchev–Trinajstić information content (AvgIpc) is 2.19. The van der Waals surface area contributed by atoms with Gasteiger partial charge in [0.25, 0.3) is 0 Å². The molecule has 0 saturated heterocycles. The second kappa shape index (κ2) is 6.64. The predicted octanol–water partition coefficient (Wildman–Crippen LogP) is 3.36. The third-order valence-electron chi connectivity index (χ3n) is 1.19. The molecule has 0 atom stereocenters. The first-order chi connectivity index (χ1) is 6.63. The summed E-state index contributed by atoms with van der Waals surface area (Å²) in [5, 5.41) is 7.89. The molecule has 0 aliphatic rings. The molecule has 0 heterocycles. The maximum absolute atomic E-state index is 12.4. The summed E-state index contributed by atoms with van der Waals surface area (Å²) in [7, 11) is 0. The van der Waals surface area contributed by atoms with Gasteiger partial charge < -0.3 is 5.21 Å². The molecule has 0 radical (unpaired) electrons. The van der Waals surface area contributed by atoms with Crippen molar-refractivity contribution in [1.29, 1.82) is 0 Å². The molecule has 0 saturated carbocycles. The van der Waals surface area contributed by atoms with Crippen LogP contribution in [0.5, 0.6) is 0 Å². The van der Waals surface area contributed by atoms with Crippen LogP contribution in [0.15, 0.2) is 41.8 Å². The summed E-state index contributed by atoms with van der Waals surface area (Å²) in [6.07, 6.45) is -2.28. The van der Waals surface area contributed by atoms with E-state index in [-0.39, 0.29) is 5.56 Å². The second-order valence-electron chi connectivity index (χ2n) is 2.02. The SMILES string of the molecule is FC(F)=C(F)c1ccccc1.O=NO. The fourth-order valence-corrected chi connectivity index (χ4v) is 0.694. The van der Waals surface area contributed by atoms with Crippen molar-refractivity contribution >= 4 is 5.83 Å². The Morgan fingerprint density at radius 1 is 1.14 bits per heavy atom. The van der Waals surface area contributed by atoms with Crippen LogP contribution in [0.3, 0.4) is 0 Å². The molecule has 0 aliphatic heterocycles. The number of halogens is 3. The van der Waals surface area contributed by atoms with Crippen LogP contribution < -0.4 is 0 Å². The largest absolute Gasteiger partial charge is 0.379 e. The maximum Gasteiger partial charge on any atom is 0.306 e. The molecule has 1 aromatic carbocycles. The van der Waals surface area contributed by atoms with E-state index in [0.717, 1.165) is 0 Å². The Morgan fingerprint density at radius 2 is 1.57 bits per heavy atom. The lowest BCUT2D eigenvalue weighted by molar-refractivity contribution is 0.312. The summed E-state index contributed by atoms with van der Waals surface area (Å²) in [4.78, 5) is 8.11. The van der Waals surface area contributed by atoms with Crippen molar-refractivity contribution < 1.29 is 18.4 Å². The van der Waals surface area contributed by atoms with Gasteiger partial charge in [-0.25, -0.2) is 4.39 Å². The fraction of sp³-hybridized carbons (Fsp3) is 0. The minimum Gasteiger partial charge on any atom is -0.379 e. The van der Waals surface area contributed by atoms with Crippen molar-refractivity contribution in [2.45, 2.75) is 0 Å². The number of rotatable bonds is 1. The quantitative estimate of drug-likeness (QED) is 0.564. The zero-order chi connectivity index (χ0) is 11.0. The minimum atomic E-state index is -2.28.